The first kappa shape index (κ1) is 12.4. The van der Waals surface area contributed by atoms with Crippen molar-refractivity contribution in [3.63, 3.8) is 0 Å². The second-order valence-electron chi connectivity index (χ2n) is 2.66. The van der Waals surface area contributed by atoms with Gasteiger partial charge in [-0.3, -0.25) is 4.79 Å². The lowest BCUT2D eigenvalue weighted by molar-refractivity contribution is -0.139. The van der Waals surface area contributed by atoms with Crippen molar-refractivity contribution in [3.8, 4) is 0 Å². The average Bonchev–Trinajstić information content (AvgIpc) is 2.02. The number of rotatable bonds is 5. The van der Waals surface area contributed by atoms with E-state index in [0.29, 0.717) is 0 Å². The summed E-state index contributed by atoms with van der Waals surface area (Å²) in [5, 5.41) is -0.697. The van der Waals surface area contributed by atoms with Gasteiger partial charge in [0, 0.05) is 6.54 Å². The van der Waals surface area contributed by atoms with Crippen molar-refractivity contribution >= 4 is 15.8 Å². The summed E-state index contributed by atoms with van der Waals surface area (Å²) in [4.78, 5) is 10.8. The third-order valence-electron chi connectivity index (χ3n) is 1.57. The van der Waals surface area contributed by atoms with Gasteiger partial charge in [-0.15, -0.1) is 0 Å². The maximum atomic E-state index is 11.3. The molecule has 0 saturated heterocycles. The average molecular weight is 209 g/mol. The largest absolute Gasteiger partial charge is 0.465 e. The van der Waals surface area contributed by atoms with E-state index in [0.717, 1.165) is 0 Å². The molecule has 0 aromatic heterocycles. The van der Waals surface area contributed by atoms with Crippen LogP contribution in [0.1, 0.15) is 13.8 Å². The van der Waals surface area contributed by atoms with Crippen LogP contribution in [0.25, 0.3) is 0 Å². The van der Waals surface area contributed by atoms with Crippen molar-refractivity contribution in [1.82, 2.24) is 0 Å². The molecule has 0 radical (unpaired) electrons. The van der Waals surface area contributed by atoms with Crippen LogP contribution in [-0.4, -0.2) is 38.5 Å². The highest BCUT2D eigenvalue weighted by atomic mass is 32.2. The van der Waals surface area contributed by atoms with E-state index in [4.69, 9.17) is 5.73 Å². The smallest absolute Gasteiger partial charge is 0.321 e. The lowest BCUT2D eigenvalue weighted by Gasteiger charge is -2.09. The van der Waals surface area contributed by atoms with Gasteiger partial charge in [-0.1, -0.05) is 0 Å². The van der Waals surface area contributed by atoms with E-state index in [-0.39, 0.29) is 13.2 Å². The minimum Gasteiger partial charge on any atom is -0.465 e. The van der Waals surface area contributed by atoms with E-state index in [1.165, 1.54) is 6.92 Å². The topological polar surface area (TPSA) is 86.5 Å². The summed E-state index contributed by atoms with van der Waals surface area (Å²) in [6, 6.07) is 0. The number of esters is 1. The van der Waals surface area contributed by atoms with Crippen LogP contribution in [0.5, 0.6) is 0 Å². The van der Waals surface area contributed by atoms with Gasteiger partial charge in [0.25, 0.3) is 0 Å². The fourth-order valence-electron chi connectivity index (χ4n) is 0.656. The first-order valence-corrected chi connectivity index (χ1v) is 5.72. The zero-order valence-electron chi connectivity index (χ0n) is 7.82. The minimum absolute atomic E-state index is 0.0156. The summed E-state index contributed by atoms with van der Waals surface area (Å²) < 4.78 is 27.0. The Bertz CT molecular complexity index is 260. The van der Waals surface area contributed by atoms with E-state index < -0.39 is 26.8 Å². The molecule has 0 aliphatic heterocycles. The van der Waals surface area contributed by atoms with Gasteiger partial charge >= 0.3 is 5.97 Å². The molecule has 1 unspecified atom stereocenters. The summed E-state index contributed by atoms with van der Waals surface area (Å²) in [5.74, 6) is -1.30. The molecule has 0 spiro atoms. The number of carbonyl (C=O) groups is 1. The summed E-state index contributed by atoms with van der Waals surface area (Å²) in [6.45, 7) is 3.29. The number of sulfone groups is 1. The third kappa shape index (κ3) is 4.23. The van der Waals surface area contributed by atoms with Crippen molar-refractivity contribution in [2.75, 3.05) is 18.9 Å². The van der Waals surface area contributed by atoms with Crippen LogP contribution >= 0.6 is 0 Å². The molecular formula is C7H15NO4S. The summed E-state index contributed by atoms with van der Waals surface area (Å²) in [6.07, 6.45) is 0. The first-order valence-electron chi connectivity index (χ1n) is 4.01. The summed E-state index contributed by atoms with van der Waals surface area (Å²) >= 11 is 0. The molecule has 0 rings (SSSR count). The second kappa shape index (κ2) is 5.18. The van der Waals surface area contributed by atoms with Gasteiger partial charge in [0.05, 0.1) is 11.9 Å². The number of hydrogen-bond acceptors (Lipinski definition) is 5. The summed E-state index contributed by atoms with van der Waals surface area (Å²) in [5.41, 5.74) is 5.18. The maximum Gasteiger partial charge on any atom is 0.321 e. The van der Waals surface area contributed by atoms with E-state index in [1.54, 1.807) is 6.92 Å². The highest BCUT2D eigenvalue weighted by molar-refractivity contribution is 7.92. The molecule has 0 aromatic rings. The SMILES string of the molecule is CCOC(=O)CS(=O)(=O)C(C)CN. The molecule has 0 aromatic carbocycles. The molecule has 0 heterocycles. The van der Waals surface area contributed by atoms with Gasteiger partial charge in [-0.05, 0) is 13.8 Å². The van der Waals surface area contributed by atoms with Gasteiger partial charge in [0.15, 0.2) is 9.84 Å². The Balaban J connectivity index is 4.26. The molecule has 0 fully saturated rings. The first-order chi connectivity index (χ1) is 5.94. The predicted octanol–water partition coefficient (Wildman–Crippen LogP) is -0.688. The lowest BCUT2D eigenvalue weighted by Crippen LogP contribution is -2.32. The predicted molar refractivity (Wildman–Crippen MR) is 48.9 cm³/mol. The maximum absolute atomic E-state index is 11.3. The van der Waals surface area contributed by atoms with Crippen molar-refractivity contribution in [1.29, 1.82) is 0 Å². The molecule has 0 aliphatic carbocycles. The normalized spacial score (nSPS) is 13.8. The van der Waals surface area contributed by atoms with Crippen LogP contribution in [0.3, 0.4) is 0 Å². The number of carbonyl (C=O) groups excluding carboxylic acids is 1. The summed E-state index contributed by atoms with van der Waals surface area (Å²) in [7, 11) is -3.43. The number of nitrogens with two attached hydrogens (primary N) is 1. The minimum atomic E-state index is -3.43. The molecule has 0 amide bonds. The fourth-order valence-corrected chi connectivity index (χ4v) is 1.65. The highest BCUT2D eigenvalue weighted by Gasteiger charge is 2.23. The van der Waals surface area contributed by atoms with Gasteiger partial charge in [-0.25, -0.2) is 8.42 Å². The molecular weight excluding hydrogens is 194 g/mol. The van der Waals surface area contributed by atoms with E-state index in [1.807, 2.05) is 0 Å². The van der Waals surface area contributed by atoms with E-state index >= 15 is 0 Å². The van der Waals surface area contributed by atoms with Crippen LogP contribution < -0.4 is 5.73 Å². The fraction of sp³-hybridized carbons (Fsp3) is 0.857. The van der Waals surface area contributed by atoms with Crippen LogP contribution in [0.2, 0.25) is 0 Å². The Morgan fingerprint density at radius 1 is 1.54 bits per heavy atom. The Labute approximate surface area is 78.2 Å². The zero-order valence-corrected chi connectivity index (χ0v) is 8.63. The molecule has 13 heavy (non-hydrogen) atoms. The number of hydrogen-bond donors (Lipinski definition) is 1. The Hall–Kier alpha value is -0.620. The Morgan fingerprint density at radius 3 is 2.46 bits per heavy atom. The van der Waals surface area contributed by atoms with Gasteiger partial charge in [-0.2, -0.15) is 0 Å². The van der Waals surface area contributed by atoms with E-state index in [2.05, 4.69) is 4.74 Å². The second-order valence-corrected chi connectivity index (χ2v) is 5.08. The van der Waals surface area contributed by atoms with Gasteiger partial charge < -0.3 is 10.5 Å². The molecule has 0 bridgehead atoms. The molecule has 2 N–H and O–H groups in total. The highest BCUT2D eigenvalue weighted by Crippen LogP contribution is 2.00. The van der Waals surface area contributed by atoms with Crippen LogP contribution in [0.15, 0.2) is 0 Å². The van der Waals surface area contributed by atoms with Crippen molar-refractivity contribution in [2.24, 2.45) is 5.73 Å². The zero-order chi connectivity index (χ0) is 10.5. The van der Waals surface area contributed by atoms with Crippen LogP contribution in [-0.2, 0) is 19.4 Å². The Kier molecular flexibility index (Phi) is 4.94. The molecule has 0 saturated carbocycles. The van der Waals surface area contributed by atoms with Gasteiger partial charge in [0.2, 0.25) is 0 Å². The molecule has 6 heteroatoms. The monoisotopic (exact) mass is 209 g/mol. The lowest BCUT2D eigenvalue weighted by atomic mass is 10.5. The van der Waals surface area contributed by atoms with Crippen molar-refractivity contribution in [2.45, 2.75) is 19.1 Å². The third-order valence-corrected chi connectivity index (χ3v) is 3.63. The van der Waals surface area contributed by atoms with Gasteiger partial charge in [0.1, 0.15) is 5.75 Å². The Morgan fingerprint density at radius 2 is 2.08 bits per heavy atom. The van der Waals surface area contributed by atoms with Crippen molar-refractivity contribution < 1.29 is 17.9 Å². The number of ether oxygens (including phenoxy) is 1. The van der Waals surface area contributed by atoms with E-state index in [9.17, 15) is 13.2 Å². The molecule has 5 nitrogen and oxygen atoms in total. The molecule has 78 valence electrons. The quantitative estimate of drug-likeness (QED) is 0.606. The van der Waals surface area contributed by atoms with Crippen molar-refractivity contribution in [3.05, 3.63) is 0 Å². The van der Waals surface area contributed by atoms with Crippen LogP contribution in [0, 0.1) is 0 Å². The standard InChI is InChI=1S/C7H15NO4S/c1-3-12-7(9)5-13(10,11)6(2)4-8/h6H,3-5,8H2,1-2H3. The van der Waals surface area contributed by atoms with Crippen LogP contribution in [0.4, 0.5) is 0 Å². The molecule has 0 aliphatic rings. The molecule has 1 atom stereocenters.